The van der Waals surface area contributed by atoms with Crippen molar-refractivity contribution >= 4 is 11.8 Å². The van der Waals surface area contributed by atoms with Crippen LogP contribution in [0, 0.1) is 11.3 Å². The van der Waals surface area contributed by atoms with Crippen molar-refractivity contribution in [1.29, 1.82) is 0 Å². The molecule has 88 valence electrons. The fourth-order valence-electron chi connectivity index (χ4n) is 1.76. The molecule has 0 spiro atoms. The van der Waals surface area contributed by atoms with Crippen LogP contribution in [0.25, 0.3) is 0 Å². The van der Waals surface area contributed by atoms with E-state index in [-0.39, 0.29) is 17.2 Å². The molecule has 1 rings (SSSR count). The van der Waals surface area contributed by atoms with E-state index in [9.17, 15) is 9.59 Å². The van der Waals surface area contributed by atoms with Crippen molar-refractivity contribution in [2.24, 2.45) is 11.3 Å². The molecule has 0 radical (unpaired) electrons. The van der Waals surface area contributed by atoms with Gasteiger partial charge in [0.05, 0.1) is 7.11 Å². The van der Waals surface area contributed by atoms with Crippen LogP contribution in [-0.2, 0) is 14.3 Å². The van der Waals surface area contributed by atoms with Crippen LogP contribution in [0.1, 0.15) is 47.0 Å². The first-order valence-corrected chi connectivity index (χ1v) is 5.57. The van der Waals surface area contributed by atoms with Crippen molar-refractivity contribution in [2.45, 2.75) is 47.0 Å². The first-order chi connectivity index (χ1) is 6.96. The summed E-state index contributed by atoms with van der Waals surface area (Å²) in [5.41, 5.74) is 0.0900. The van der Waals surface area contributed by atoms with Crippen LogP contribution in [0.15, 0.2) is 0 Å². The number of methoxy groups -OCH3 is 1. The summed E-state index contributed by atoms with van der Waals surface area (Å²) < 4.78 is 4.59. The summed E-state index contributed by atoms with van der Waals surface area (Å²) in [4.78, 5) is 22.6. The molecule has 0 saturated heterocycles. The highest BCUT2D eigenvalue weighted by Gasteiger charge is 2.38. The second-order valence-corrected chi connectivity index (χ2v) is 4.41. The number of hydrogen-bond acceptors (Lipinski definition) is 3. The van der Waals surface area contributed by atoms with E-state index in [0.29, 0.717) is 12.8 Å². The molecule has 0 heterocycles. The van der Waals surface area contributed by atoms with Crippen LogP contribution in [0.4, 0.5) is 0 Å². The first-order valence-electron chi connectivity index (χ1n) is 5.57. The molecule has 0 aliphatic heterocycles. The zero-order chi connectivity index (χ0) is 12.1. The van der Waals surface area contributed by atoms with Crippen molar-refractivity contribution in [3.05, 3.63) is 0 Å². The Balaban J connectivity index is 0.000000921. The van der Waals surface area contributed by atoms with Gasteiger partial charge >= 0.3 is 5.97 Å². The molecule has 0 aromatic rings. The fourth-order valence-corrected chi connectivity index (χ4v) is 1.76. The number of ketones is 1. The Bertz CT molecular complexity index is 223. The maximum Gasteiger partial charge on any atom is 0.316 e. The number of hydrogen-bond donors (Lipinski definition) is 0. The van der Waals surface area contributed by atoms with Crippen molar-refractivity contribution in [1.82, 2.24) is 0 Å². The van der Waals surface area contributed by atoms with Gasteiger partial charge in [-0.3, -0.25) is 9.59 Å². The van der Waals surface area contributed by atoms with Gasteiger partial charge in [0.25, 0.3) is 0 Å². The lowest BCUT2D eigenvalue weighted by Crippen LogP contribution is -2.35. The molecule has 0 aromatic carbocycles. The molecule has 15 heavy (non-hydrogen) atoms. The Morgan fingerprint density at radius 1 is 1.40 bits per heavy atom. The molecular formula is C12H22O3. The molecule has 0 amide bonds. The van der Waals surface area contributed by atoms with E-state index in [4.69, 9.17) is 0 Å². The quantitative estimate of drug-likeness (QED) is 0.497. The Morgan fingerprint density at radius 2 is 1.93 bits per heavy atom. The van der Waals surface area contributed by atoms with Crippen molar-refractivity contribution < 1.29 is 14.3 Å². The van der Waals surface area contributed by atoms with Gasteiger partial charge in [-0.15, -0.1) is 0 Å². The normalized spacial score (nSPS) is 23.8. The maximum atomic E-state index is 11.4. The van der Waals surface area contributed by atoms with Crippen molar-refractivity contribution in [3.8, 4) is 0 Å². The topological polar surface area (TPSA) is 43.4 Å². The number of rotatable bonds is 1. The highest BCUT2D eigenvalue weighted by Crippen LogP contribution is 2.37. The summed E-state index contributed by atoms with van der Waals surface area (Å²) in [5.74, 6) is -0.863. The molecule has 1 atom stereocenters. The van der Waals surface area contributed by atoms with Crippen molar-refractivity contribution in [3.63, 3.8) is 0 Å². The summed E-state index contributed by atoms with van der Waals surface area (Å²) in [5, 5.41) is 0. The summed E-state index contributed by atoms with van der Waals surface area (Å²) >= 11 is 0. The van der Waals surface area contributed by atoms with Gasteiger partial charge in [0.15, 0.2) is 0 Å². The maximum absolute atomic E-state index is 11.4. The minimum absolute atomic E-state index is 0.0335. The number of Topliss-reactive ketones (excluding diaryl/α,β-unsaturated/α-hetero) is 1. The molecule has 0 N–H and O–H groups in total. The van der Waals surface area contributed by atoms with Gasteiger partial charge in [0, 0.05) is 6.42 Å². The van der Waals surface area contributed by atoms with Gasteiger partial charge in [-0.05, 0) is 18.3 Å². The fraction of sp³-hybridized carbons (Fsp3) is 0.833. The largest absolute Gasteiger partial charge is 0.468 e. The van der Waals surface area contributed by atoms with E-state index in [2.05, 4.69) is 18.6 Å². The summed E-state index contributed by atoms with van der Waals surface area (Å²) in [6.45, 7) is 8.16. The molecule has 3 nitrogen and oxygen atoms in total. The monoisotopic (exact) mass is 214 g/mol. The second kappa shape index (κ2) is 5.89. The number of esters is 1. The van der Waals surface area contributed by atoms with Gasteiger partial charge < -0.3 is 4.74 Å². The lowest BCUT2D eigenvalue weighted by atomic mass is 9.71. The molecule has 1 saturated carbocycles. The van der Waals surface area contributed by atoms with Crippen LogP contribution >= 0.6 is 0 Å². The second-order valence-electron chi connectivity index (χ2n) is 4.41. The summed E-state index contributed by atoms with van der Waals surface area (Å²) in [7, 11) is 1.33. The van der Waals surface area contributed by atoms with Crippen LogP contribution in [-0.4, -0.2) is 18.9 Å². The van der Waals surface area contributed by atoms with Gasteiger partial charge in [0.1, 0.15) is 11.7 Å². The summed E-state index contributed by atoms with van der Waals surface area (Å²) in [6.07, 6.45) is 2.00. The highest BCUT2D eigenvalue weighted by atomic mass is 16.5. The zero-order valence-corrected chi connectivity index (χ0v) is 10.4. The van der Waals surface area contributed by atoms with Gasteiger partial charge in [-0.1, -0.05) is 27.7 Å². The standard InChI is InChI=1S/C10H16O3.C2H6/c1-10(2)5-4-8(11)7(6-10)9(12)13-3;1-2/h7H,4-6H2,1-3H3;1-2H3. The van der Waals surface area contributed by atoms with Crippen molar-refractivity contribution in [2.75, 3.05) is 7.11 Å². The van der Waals surface area contributed by atoms with Gasteiger partial charge in [-0.2, -0.15) is 0 Å². The first kappa shape index (κ1) is 14.1. The molecule has 1 aliphatic carbocycles. The molecule has 0 aromatic heterocycles. The Hall–Kier alpha value is -0.860. The van der Waals surface area contributed by atoms with Gasteiger partial charge in [-0.25, -0.2) is 0 Å². The molecule has 3 heteroatoms. The third-order valence-electron chi connectivity index (χ3n) is 2.68. The minimum Gasteiger partial charge on any atom is -0.468 e. The van der Waals surface area contributed by atoms with Crippen LogP contribution in [0.5, 0.6) is 0 Å². The lowest BCUT2D eigenvalue weighted by Gasteiger charge is -2.32. The van der Waals surface area contributed by atoms with E-state index in [0.717, 1.165) is 6.42 Å². The van der Waals surface area contributed by atoms with E-state index in [1.54, 1.807) is 0 Å². The molecule has 1 unspecified atom stereocenters. The molecular weight excluding hydrogens is 192 g/mol. The number of carbonyl (C=O) groups excluding carboxylic acids is 2. The van der Waals surface area contributed by atoms with E-state index in [1.165, 1.54) is 7.11 Å². The highest BCUT2D eigenvalue weighted by molar-refractivity contribution is 5.99. The van der Waals surface area contributed by atoms with Crippen LogP contribution in [0.2, 0.25) is 0 Å². The number of carbonyl (C=O) groups is 2. The van der Waals surface area contributed by atoms with E-state index >= 15 is 0 Å². The molecule has 0 bridgehead atoms. The average molecular weight is 214 g/mol. The SMILES string of the molecule is CC.COC(=O)C1CC(C)(C)CCC1=O. The Morgan fingerprint density at radius 3 is 2.40 bits per heavy atom. The smallest absolute Gasteiger partial charge is 0.316 e. The van der Waals surface area contributed by atoms with E-state index < -0.39 is 5.92 Å². The minimum atomic E-state index is -0.520. The Kier molecular flexibility index (Phi) is 5.55. The zero-order valence-electron chi connectivity index (χ0n) is 10.4. The lowest BCUT2D eigenvalue weighted by molar-refractivity contribution is -0.152. The molecule has 1 fully saturated rings. The third-order valence-corrected chi connectivity index (χ3v) is 2.68. The predicted molar refractivity (Wildman–Crippen MR) is 59.5 cm³/mol. The number of ether oxygens (including phenoxy) is 1. The van der Waals surface area contributed by atoms with Crippen LogP contribution < -0.4 is 0 Å². The van der Waals surface area contributed by atoms with Gasteiger partial charge in [0.2, 0.25) is 0 Å². The predicted octanol–water partition coefficient (Wildman–Crippen LogP) is 2.58. The third kappa shape index (κ3) is 4.02. The summed E-state index contributed by atoms with van der Waals surface area (Å²) in [6, 6.07) is 0. The Labute approximate surface area is 92.2 Å². The average Bonchev–Trinajstić information content (AvgIpc) is 2.23. The van der Waals surface area contributed by atoms with Crippen LogP contribution in [0.3, 0.4) is 0 Å². The molecule has 1 aliphatic rings. The van der Waals surface area contributed by atoms with E-state index in [1.807, 2.05) is 13.8 Å².